The molecule has 0 aromatic heterocycles. The standard InChI is InChI=1S/C16H20O3/c1-2-11-5-3-4-6-14(11)15(17)12-7-9-13(10-8-12)16(18)19/h3-6,12-13H,2,7-10H2,1H3,(H,18,19). The second kappa shape index (κ2) is 6.00. The summed E-state index contributed by atoms with van der Waals surface area (Å²) in [5, 5.41) is 8.98. The molecule has 1 aromatic carbocycles. The van der Waals surface area contributed by atoms with Crippen molar-refractivity contribution in [3.63, 3.8) is 0 Å². The van der Waals surface area contributed by atoms with Crippen LogP contribution < -0.4 is 0 Å². The summed E-state index contributed by atoms with van der Waals surface area (Å²) in [5.74, 6) is -0.782. The number of ketones is 1. The van der Waals surface area contributed by atoms with Gasteiger partial charge in [0.15, 0.2) is 5.78 Å². The Hall–Kier alpha value is -1.64. The average Bonchev–Trinajstić information content (AvgIpc) is 2.46. The lowest BCUT2D eigenvalue weighted by Gasteiger charge is -2.25. The van der Waals surface area contributed by atoms with E-state index in [1.807, 2.05) is 31.2 Å². The molecule has 1 aliphatic rings. The summed E-state index contributed by atoms with van der Waals surface area (Å²) in [6, 6.07) is 7.74. The van der Waals surface area contributed by atoms with Gasteiger partial charge in [0.1, 0.15) is 0 Å². The van der Waals surface area contributed by atoms with Gasteiger partial charge in [-0.15, -0.1) is 0 Å². The van der Waals surface area contributed by atoms with Crippen LogP contribution in [0, 0.1) is 11.8 Å². The third-order valence-electron chi connectivity index (χ3n) is 4.11. The Bertz CT molecular complexity index is 471. The number of carboxylic acid groups (broad SMARTS) is 1. The molecule has 1 N–H and O–H groups in total. The first-order chi connectivity index (χ1) is 9.13. The topological polar surface area (TPSA) is 54.4 Å². The van der Waals surface area contributed by atoms with Crippen LogP contribution in [0.15, 0.2) is 24.3 Å². The number of hydrogen-bond donors (Lipinski definition) is 1. The summed E-state index contributed by atoms with van der Waals surface area (Å²) < 4.78 is 0. The van der Waals surface area contributed by atoms with Gasteiger partial charge in [-0.1, -0.05) is 31.2 Å². The van der Waals surface area contributed by atoms with E-state index in [0.29, 0.717) is 25.7 Å². The minimum Gasteiger partial charge on any atom is -0.481 e. The Morgan fingerprint density at radius 2 is 1.68 bits per heavy atom. The number of carboxylic acids is 1. The SMILES string of the molecule is CCc1ccccc1C(=O)C1CCC(C(=O)O)CC1. The first-order valence-electron chi connectivity index (χ1n) is 6.98. The van der Waals surface area contributed by atoms with Crippen molar-refractivity contribution in [1.82, 2.24) is 0 Å². The monoisotopic (exact) mass is 260 g/mol. The molecule has 0 unspecified atom stereocenters. The highest BCUT2D eigenvalue weighted by atomic mass is 16.4. The molecule has 0 spiro atoms. The predicted octanol–water partition coefficient (Wildman–Crippen LogP) is 3.32. The van der Waals surface area contributed by atoms with Crippen LogP contribution in [-0.2, 0) is 11.2 Å². The molecule has 0 heterocycles. The minimum absolute atomic E-state index is 0.00306. The number of benzene rings is 1. The quantitative estimate of drug-likeness (QED) is 0.845. The zero-order valence-corrected chi connectivity index (χ0v) is 11.3. The van der Waals surface area contributed by atoms with Crippen LogP contribution in [-0.4, -0.2) is 16.9 Å². The molecule has 0 atom stereocenters. The first kappa shape index (κ1) is 13.8. The normalized spacial score (nSPS) is 23.0. The molecule has 3 nitrogen and oxygen atoms in total. The van der Waals surface area contributed by atoms with Crippen LogP contribution in [0.25, 0.3) is 0 Å². The second-order valence-electron chi connectivity index (χ2n) is 5.26. The zero-order chi connectivity index (χ0) is 13.8. The molecule has 0 aliphatic heterocycles. The fourth-order valence-electron chi connectivity index (χ4n) is 2.89. The summed E-state index contributed by atoms with van der Waals surface area (Å²) in [6.07, 6.45) is 3.51. The molecule has 1 aliphatic carbocycles. The van der Waals surface area contributed by atoms with E-state index in [1.54, 1.807) is 0 Å². The lowest BCUT2D eigenvalue weighted by atomic mass is 9.78. The van der Waals surface area contributed by atoms with Crippen LogP contribution in [0.4, 0.5) is 0 Å². The number of Topliss-reactive ketones (excluding diaryl/α,β-unsaturated/α-hetero) is 1. The van der Waals surface area contributed by atoms with Crippen molar-refractivity contribution in [2.24, 2.45) is 11.8 Å². The molecule has 1 aromatic rings. The molecule has 1 fully saturated rings. The molecule has 0 saturated heterocycles. The maximum atomic E-state index is 12.5. The van der Waals surface area contributed by atoms with Crippen molar-refractivity contribution < 1.29 is 14.7 Å². The van der Waals surface area contributed by atoms with Crippen LogP contribution in [0.1, 0.15) is 48.5 Å². The van der Waals surface area contributed by atoms with Crippen molar-refractivity contribution >= 4 is 11.8 Å². The van der Waals surface area contributed by atoms with E-state index in [2.05, 4.69) is 0 Å². The predicted molar refractivity (Wildman–Crippen MR) is 73.2 cm³/mol. The molecule has 0 amide bonds. The highest BCUT2D eigenvalue weighted by molar-refractivity contribution is 5.99. The van der Waals surface area contributed by atoms with E-state index in [4.69, 9.17) is 5.11 Å². The van der Waals surface area contributed by atoms with Gasteiger partial charge < -0.3 is 5.11 Å². The van der Waals surface area contributed by atoms with Gasteiger partial charge in [-0.3, -0.25) is 9.59 Å². The molecule has 3 heteroatoms. The Labute approximate surface area is 113 Å². The summed E-state index contributed by atoms with van der Waals surface area (Å²) in [4.78, 5) is 23.4. The molecule has 2 rings (SSSR count). The molecule has 19 heavy (non-hydrogen) atoms. The van der Waals surface area contributed by atoms with Crippen molar-refractivity contribution in [2.75, 3.05) is 0 Å². The lowest BCUT2D eigenvalue weighted by molar-refractivity contribution is -0.143. The fraction of sp³-hybridized carbons (Fsp3) is 0.500. The third kappa shape index (κ3) is 3.03. The lowest BCUT2D eigenvalue weighted by Crippen LogP contribution is -2.26. The third-order valence-corrected chi connectivity index (χ3v) is 4.11. The maximum Gasteiger partial charge on any atom is 0.306 e. The van der Waals surface area contributed by atoms with Crippen LogP contribution in [0.3, 0.4) is 0 Å². The Balaban J connectivity index is 2.07. The van der Waals surface area contributed by atoms with Gasteiger partial charge in [0.2, 0.25) is 0 Å². The van der Waals surface area contributed by atoms with Gasteiger partial charge in [-0.25, -0.2) is 0 Å². The molecule has 0 bridgehead atoms. The fourth-order valence-corrected chi connectivity index (χ4v) is 2.89. The molecule has 102 valence electrons. The summed E-state index contributed by atoms with van der Waals surface area (Å²) in [5.41, 5.74) is 1.91. The summed E-state index contributed by atoms with van der Waals surface area (Å²) in [7, 11) is 0. The van der Waals surface area contributed by atoms with E-state index in [-0.39, 0.29) is 17.6 Å². The van der Waals surface area contributed by atoms with E-state index in [1.165, 1.54) is 0 Å². The van der Waals surface area contributed by atoms with Crippen molar-refractivity contribution in [2.45, 2.75) is 39.0 Å². The highest BCUT2D eigenvalue weighted by Gasteiger charge is 2.30. The Morgan fingerprint density at radius 1 is 1.11 bits per heavy atom. The van der Waals surface area contributed by atoms with Gasteiger partial charge in [0.25, 0.3) is 0 Å². The van der Waals surface area contributed by atoms with Gasteiger partial charge in [-0.05, 0) is 37.7 Å². The van der Waals surface area contributed by atoms with Crippen LogP contribution in [0.5, 0.6) is 0 Å². The van der Waals surface area contributed by atoms with Crippen molar-refractivity contribution in [3.8, 4) is 0 Å². The molecular formula is C16H20O3. The molecule has 0 radical (unpaired) electrons. The molecule has 1 saturated carbocycles. The largest absolute Gasteiger partial charge is 0.481 e. The zero-order valence-electron chi connectivity index (χ0n) is 11.3. The van der Waals surface area contributed by atoms with E-state index in [0.717, 1.165) is 17.5 Å². The highest BCUT2D eigenvalue weighted by Crippen LogP contribution is 2.31. The van der Waals surface area contributed by atoms with Crippen LogP contribution >= 0.6 is 0 Å². The van der Waals surface area contributed by atoms with Gasteiger partial charge in [0.05, 0.1) is 5.92 Å². The summed E-state index contributed by atoms with van der Waals surface area (Å²) >= 11 is 0. The number of aryl methyl sites for hydroxylation is 1. The number of carbonyl (C=O) groups is 2. The minimum atomic E-state index is -0.722. The second-order valence-corrected chi connectivity index (χ2v) is 5.26. The Morgan fingerprint density at radius 3 is 2.26 bits per heavy atom. The smallest absolute Gasteiger partial charge is 0.306 e. The van der Waals surface area contributed by atoms with Crippen molar-refractivity contribution in [1.29, 1.82) is 0 Å². The molecular weight excluding hydrogens is 240 g/mol. The summed E-state index contributed by atoms with van der Waals surface area (Å²) in [6.45, 7) is 2.05. The van der Waals surface area contributed by atoms with E-state index < -0.39 is 5.97 Å². The van der Waals surface area contributed by atoms with E-state index in [9.17, 15) is 9.59 Å². The van der Waals surface area contributed by atoms with Gasteiger partial charge in [0, 0.05) is 11.5 Å². The number of aliphatic carboxylic acids is 1. The van der Waals surface area contributed by atoms with Gasteiger partial charge in [-0.2, -0.15) is 0 Å². The van der Waals surface area contributed by atoms with E-state index >= 15 is 0 Å². The average molecular weight is 260 g/mol. The van der Waals surface area contributed by atoms with Gasteiger partial charge >= 0.3 is 5.97 Å². The first-order valence-corrected chi connectivity index (χ1v) is 6.98. The van der Waals surface area contributed by atoms with Crippen LogP contribution in [0.2, 0.25) is 0 Å². The number of hydrogen-bond acceptors (Lipinski definition) is 2. The van der Waals surface area contributed by atoms with Crippen molar-refractivity contribution in [3.05, 3.63) is 35.4 Å². The number of carbonyl (C=O) groups excluding carboxylic acids is 1. The Kier molecular flexibility index (Phi) is 4.35. The number of rotatable bonds is 4. The maximum absolute atomic E-state index is 12.5.